The van der Waals surface area contributed by atoms with Gasteiger partial charge in [0.2, 0.25) is 0 Å². The molecule has 4 aliphatic rings. The molecule has 0 unspecified atom stereocenters. The first-order valence-corrected chi connectivity index (χ1v) is 20.0. The van der Waals surface area contributed by atoms with Crippen LogP contribution in [0.25, 0.3) is 44.3 Å². The molecule has 59 heavy (non-hydrogen) atoms. The van der Waals surface area contributed by atoms with E-state index in [2.05, 4.69) is 54.8 Å². The van der Waals surface area contributed by atoms with Crippen LogP contribution in [0, 0.1) is 0 Å². The zero-order valence-corrected chi connectivity index (χ0v) is 33.2. The second-order valence-electron chi connectivity index (χ2n) is 15.3. The fourth-order valence-corrected chi connectivity index (χ4v) is 7.79. The third-order valence-corrected chi connectivity index (χ3v) is 11.2. The van der Waals surface area contributed by atoms with E-state index in [4.69, 9.17) is 10.1 Å². The molecule has 2 fully saturated rings. The summed E-state index contributed by atoms with van der Waals surface area (Å²) in [5.74, 6) is -1.23. The van der Waals surface area contributed by atoms with Crippen molar-refractivity contribution in [3.8, 4) is 22.5 Å². The Kier molecular flexibility index (Phi) is 11.5. The van der Waals surface area contributed by atoms with Gasteiger partial charge in [0.25, 0.3) is 17.7 Å². The molecule has 6 N–H and O–H groups in total. The summed E-state index contributed by atoms with van der Waals surface area (Å²) in [6.07, 6.45) is 1.53. The molecule has 0 radical (unpaired) electrons. The van der Waals surface area contributed by atoms with Gasteiger partial charge in [0.05, 0.1) is 22.2 Å². The van der Waals surface area contributed by atoms with Crippen molar-refractivity contribution in [1.82, 2.24) is 50.6 Å². The largest absolute Gasteiger partial charge is 0.477 e. The molecule has 4 aliphatic heterocycles. The van der Waals surface area contributed by atoms with Crippen molar-refractivity contribution in [3.63, 3.8) is 0 Å². The Bertz CT molecular complexity index is 2550. The lowest BCUT2D eigenvalue weighted by molar-refractivity contribution is 0.0656. The van der Waals surface area contributed by atoms with Crippen molar-refractivity contribution in [1.29, 1.82) is 0 Å². The van der Waals surface area contributed by atoms with E-state index in [0.717, 1.165) is 102 Å². The van der Waals surface area contributed by atoms with Crippen molar-refractivity contribution in [2.75, 3.05) is 79.5 Å². The fraction of sp³-hybridized carbons (Fsp3) is 0.318. The average molecular weight is 797 g/mol. The number of pyridine rings is 2. The second-order valence-corrected chi connectivity index (χ2v) is 15.3. The number of carbonyl (C=O) groups excluding carboxylic acids is 3. The number of H-pyrrole nitrogens is 2. The van der Waals surface area contributed by atoms with Crippen LogP contribution in [0.3, 0.4) is 0 Å². The van der Waals surface area contributed by atoms with Crippen LogP contribution in [0.15, 0.2) is 72.8 Å². The first kappa shape index (κ1) is 39.4. The van der Waals surface area contributed by atoms with E-state index in [-0.39, 0.29) is 23.4 Å². The van der Waals surface area contributed by atoms with E-state index in [9.17, 15) is 19.2 Å². The third kappa shape index (κ3) is 8.58. The summed E-state index contributed by atoms with van der Waals surface area (Å²) in [4.78, 5) is 70.3. The van der Waals surface area contributed by atoms with Crippen LogP contribution >= 0.6 is 0 Å². The van der Waals surface area contributed by atoms with Gasteiger partial charge in [-0.2, -0.15) is 0 Å². The maximum absolute atomic E-state index is 13.0. The van der Waals surface area contributed by atoms with E-state index >= 15 is 0 Å². The highest BCUT2D eigenvalue weighted by molar-refractivity contribution is 6.02. The summed E-state index contributed by atoms with van der Waals surface area (Å²) in [5.41, 5.74) is 8.32. The summed E-state index contributed by atoms with van der Waals surface area (Å²) in [5, 5.41) is 19.9. The van der Waals surface area contributed by atoms with Crippen LogP contribution in [-0.4, -0.2) is 143 Å². The van der Waals surface area contributed by atoms with E-state index in [1.807, 2.05) is 53.4 Å². The van der Waals surface area contributed by atoms with Crippen LogP contribution in [0.5, 0.6) is 0 Å². The molecule has 6 aromatic rings. The quantitative estimate of drug-likeness (QED) is 0.154. The normalized spacial score (nSPS) is 16.8. The lowest BCUT2D eigenvalue weighted by Crippen LogP contribution is -2.47. The number of hydrogen-bond acceptors (Lipinski definition) is 9. The number of fused-ring (bicyclic) bond motifs is 4. The number of piperazine rings is 2. The maximum Gasteiger partial charge on any atom is 0.354 e. The molecule has 0 aliphatic carbocycles. The molecule has 2 saturated heterocycles. The predicted octanol–water partition coefficient (Wildman–Crippen LogP) is 3.64. The van der Waals surface area contributed by atoms with Gasteiger partial charge in [-0.1, -0.05) is 48.5 Å². The Balaban J connectivity index is 0.000000144. The molecule has 4 aromatic heterocycles. The van der Waals surface area contributed by atoms with Crippen molar-refractivity contribution >= 4 is 45.5 Å². The number of benzene rings is 2. The molecule has 2 aromatic carbocycles. The number of nitrogens with zero attached hydrogens (tertiary/aromatic N) is 5. The number of aromatic nitrogens is 4. The number of aromatic carboxylic acids is 1. The van der Waals surface area contributed by atoms with Gasteiger partial charge in [0.15, 0.2) is 0 Å². The molecule has 15 heteroatoms. The molecule has 10 rings (SSSR count). The van der Waals surface area contributed by atoms with Crippen molar-refractivity contribution in [2.45, 2.75) is 12.8 Å². The molecular weight excluding hydrogens is 749 g/mol. The smallest absolute Gasteiger partial charge is 0.354 e. The number of hydrogen-bond donors (Lipinski definition) is 6. The first-order valence-electron chi connectivity index (χ1n) is 20.0. The average Bonchev–Trinajstić information content (AvgIpc) is 3.90. The highest BCUT2D eigenvalue weighted by Crippen LogP contribution is 2.31. The Morgan fingerprint density at radius 1 is 0.593 bits per heavy atom. The molecule has 15 nitrogen and oxygen atoms in total. The molecule has 0 bridgehead atoms. The van der Waals surface area contributed by atoms with Crippen molar-refractivity contribution in [2.24, 2.45) is 0 Å². The Labute approximate surface area is 341 Å². The van der Waals surface area contributed by atoms with Gasteiger partial charge in [-0.25, -0.2) is 14.8 Å². The maximum atomic E-state index is 13.0. The van der Waals surface area contributed by atoms with Crippen LogP contribution in [0.1, 0.15) is 53.1 Å². The van der Waals surface area contributed by atoms with Gasteiger partial charge in [0.1, 0.15) is 11.4 Å². The number of rotatable bonds is 4. The van der Waals surface area contributed by atoms with Gasteiger partial charge >= 0.3 is 5.97 Å². The number of likely N-dealkylation sites (N-methyl/N-ethyl adjacent to an activating group) is 2. The Hall–Kier alpha value is -6.42. The Morgan fingerprint density at radius 2 is 1.08 bits per heavy atom. The minimum Gasteiger partial charge on any atom is -0.477 e. The van der Waals surface area contributed by atoms with Gasteiger partial charge < -0.3 is 45.7 Å². The first-order chi connectivity index (χ1) is 28.6. The van der Waals surface area contributed by atoms with E-state index < -0.39 is 5.97 Å². The fourth-order valence-electron chi connectivity index (χ4n) is 7.79. The number of carboxylic acid groups (broad SMARTS) is 1. The van der Waals surface area contributed by atoms with Gasteiger partial charge in [-0.3, -0.25) is 14.4 Å². The number of aromatic amines is 2. The number of carbonyl (C=O) groups is 4. The monoisotopic (exact) mass is 796 g/mol. The van der Waals surface area contributed by atoms with Crippen LogP contribution < -0.4 is 16.0 Å². The molecule has 304 valence electrons. The number of para-hydroxylation sites is 2. The van der Waals surface area contributed by atoms with E-state index in [1.54, 1.807) is 18.2 Å². The van der Waals surface area contributed by atoms with Crippen LogP contribution in [-0.2, 0) is 12.8 Å². The highest BCUT2D eigenvalue weighted by Gasteiger charge is 2.24. The molecular formula is C44H48N10O5. The summed E-state index contributed by atoms with van der Waals surface area (Å²) in [6, 6.07) is 22.3. The molecule has 0 atom stereocenters. The summed E-state index contributed by atoms with van der Waals surface area (Å²) >= 11 is 0. The Morgan fingerprint density at radius 3 is 1.56 bits per heavy atom. The lowest BCUT2D eigenvalue weighted by atomic mass is 10.1. The zero-order chi connectivity index (χ0) is 41.0. The van der Waals surface area contributed by atoms with Gasteiger partial charge in [-0.05, 0) is 38.4 Å². The highest BCUT2D eigenvalue weighted by atomic mass is 16.4. The number of nitrogens with one attached hydrogen (secondary N) is 5. The molecule has 3 amide bonds. The topological polar surface area (TPSA) is 192 Å². The standard InChI is InChI=1S/C22H23N5O2.C17H13N3O3.C5H12N2/c1-26-9-11-27(12-10-26)22(29)18-6-5-14-3-2-4-15(20(14)25-18)19-13-16-17(24-19)7-8-23-21(16)28;21-16-11-8-14(19-12(11)6-7-18-16)10-3-1-2-9-4-5-13(17(22)23)20-15(9)10;1-7-4-2-6-3-5-7/h2-6,13,24H,7-12H2,1H3,(H,23,28);1-5,8,19H,6-7H2,(H,18,21)(H,22,23);6H,2-5H2,1H3. The van der Waals surface area contributed by atoms with Crippen molar-refractivity contribution < 1.29 is 24.3 Å². The zero-order valence-electron chi connectivity index (χ0n) is 33.2. The van der Waals surface area contributed by atoms with Crippen LogP contribution in [0.2, 0.25) is 0 Å². The summed E-state index contributed by atoms with van der Waals surface area (Å²) < 4.78 is 0. The summed E-state index contributed by atoms with van der Waals surface area (Å²) in [7, 11) is 4.22. The lowest BCUT2D eigenvalue weighted by Gasteiger charge is -2.32. The van der Waals surface area contributed by atoms with E-state index in [1.165, 1.54) is 19.2 Å². The second kappa shape index (κ2) is 17.2. The van der Waals surface area contributed by atoms with Crippen LogP contribution in [0.4, 0.5) is 0 Å². The molecule has 0 saturated carbocycles. The summed E-state index contributed by atoms with van der Waals surface area (Å²) in [6.45, 7) is 9.19. The minimum absolute atomic E-state index is 0.000914. The van der Waals surface area contributed by atoms with E-state index in [0.29, 0.717) is 35.4 Å². The predicted molar refractivity (Wildman–Crippen MR) is 226 cm³/mol. The van der Waals surface area contributed by atoms with Gasteiger partial charge in [0, 0.05) is 123 Å². The number of carboxylic acids is 1. The molecule has 8 heterocycles. The minimum atomic E-state index is -1.06. The number of amides is 3. The third-order valence-electron chi connectivity index (χ3n) is 11.2. The molecule has 0 spiro atoms. The van der Waals surface area contributed by atoms with Gasteiger partial charge in [-0.15, -0.1) is 0 Å². The SMILES string of the molecule is CN1CCN(C(=O)c2ccc3cccc(-c4cc5c([nH]4)CCNC5=O)c3n2)CC1.CN1CCNCC1.O=C(O)c1ccc2cccc(-c3cc4c([nH]3)CCNC4=O)c2n1. The van der Waals surface area contributed by atoms with Crippen molar-refractivity contribution in [3.05, 3.63) is 107 Å².